The van der Waals surface area contributed by atoms with Crippen LogP contribution in [0, 0.1) is 11.6 Å². The van der Waals surface area contributed by atoms with E-state index in [-0.39, 0.29) is 11.6 Å². The minimum absolute atomic E-state index is 0.170. The van der Waals surface area contributed by atoms with Gasteiger partial charge in [0.2, 0.25) is 11.7 Å². The second-order valence-electron chi connectivity index (χ2n) is 4.30. The second kappa shape index (κ2) is 6.96. The van der Waals surface area contributed by atoms with Crippen molar-refractivity contribution in [1.82, 2.24) is 10.3 Å². The maximum Gasteiger partial charge on any atom is 0.219 e. The molecule has 0 fully saturated rings. The molecule has 0 saturated carbocycles. The smallest absolute Gasteiger partial charge is 0.219 e. The van der Waals surface area contributed by atoms with Crippen LogP contribution in [-0.4, -0.2) is 11.5 Å². The number of nitrogens with one attached hydrogen (secondary N) is 1. The van der Waals surface area contributed by atoms with E-state index in [1.54, 1.807) is 12.1 Å². The van der Waals surface area contributed by atoms with Crippen molar-refractivity contribution in [2.24, 2.45) is 0 Å². The number of halogens is 2. The minimum atomic E-state index is -1.01. The third-order valence-corrected chi connectivity index (χ3v) is 2.64. The Balaban J connectivity index is 2.09. The van der Waals surface area contributed by atoms with Crippen LogP contribution >= 0.6 is 0 Å². The Bertz CT molecular complexity index is 576. The van der Waals surface area contributed by atoms with E-state index < -0.39 is 11.6 Å². The number of pyridine rings is 1. The van der Waals surface area contributed by atoms with Crippen LogP contribution in [0.25, 0.3) is 0 Å². The van der Waals surface area contributed by atoms with Gasteiger partial charge < -0.3 is 10.1 Å². The van der Waals surface area contributed by atoms with E-state index >= 15 is 0 Å². The van der Waals surface area contributed by atoms with Crippen molar-refractivity contribution >= 4 is 0 Å². The molecule has 0 amide bonds. The fraction of sp³-hybridized carbons (Fsp3) is 0.267. The Labute approximate surface area is 116 Å². The Morgan fingerprint density at radius 3 is 2.75 bits per heavy atom. The molecular weight excluding hydrogens is 262 g/mol. The SMILES string of the molecule is CCCNCc1cccc(Oc2cccc(F)c2F)n1. The summed E-state index contributed by atoms with van der Waals surface area (Å²) in [6.45, 7) is 3.58. The van der Waals surface area contributed by atoms with Crippen LogP contribution in [0.4, 0.5) is 8.78 Å². The lowest BCUT2D eigenvalue weighted by Crippen LogP contribution is -2.14. The maximum absolute atomic E-state index is 13.5. The predicted molar refractivity (Wildman–Crippen MR) is 72.7 cm³/mol. The summed E-state index contributed by atoms with van der Waals surface area (Å²) in [4.78, 5) is 4.24. The Kier molecular flexibility index (Phi) is 5.01. The largest absolute Gasteiger partial charge is 0.436 e. The zero-order chi connectivity index (χ0) is 14.4. The first-order chi connectivity index (χ1) is 9.70. The molecule has 20 heavy (non-hydrogen) atoms. The van der Waals surface area contributed by atoms with Gasteiger partial charge in [-0.15, -0.1) is 0 Å². The maximum atomic E-state index is 13.5. The summed E-state index contributed by atoms with van der Waals surface area (Å²) in [5.41, 5.74) is 0.785. The molecule has 0 unspecified atom stereocenters. The summed E-state index contributed by atoms with van der Waals surface area (Å²) >= 11 is 0. The molecule has 0 spiro atoms. The van der Waals surface area contributed by atoms with E-state index in [0.29, 0.717) is 6.54 Å². The first-order valence-electron chi connectivity index (χ1n) is 6.49. The van der Waals surface area contributed by atoms with Crippen molar-refractivity contribution in [1.29, 1.82) is 0 Å². The van der Waals surface area contributed by atoms with Gasteiger partial charge >= 0.3 is 0 Å². The summed E-state index contributed by atoms with van der Waals surface area (Å²) in [5.74, 6) is -1.88. The van der Waals surface area contributed by atoms with Gasteiger partial charge in [-0.2, -0.15) is 4.39 Å². The lowest BCUT2D eigenvalue weighted by molar-refractivity contribution is 0.404. The summed E-state index contributed by atoms with van der Waals surface area (Å²) in [5, 5.41) is 3.21. The van der Waals surface area contributed by atoms with Gasteiger partial charge in [-0.25, -0.2) is 9.37 Å². The molecular formula is C15H16F2N2O. The monoisotopic (exact) mass is 278 g/mol. The lowest BCUT2D eigenvalue weighted by atomic mass is 10.3. The van der Waals surface area contributed by atoms with Crippen molar-refractivity contribution in [3.63, 3.8) is 0 Å². The highest BCUT2D eigenvalue weighted by Crippen LogP contribution is 2.24. The van der Waals surface area contributed by atoms with E-state index in [0.717, 1.165) is 24.7 Å². The van der Waals surface area contributed by atoms with Gasteiger partial charge in [-0.05, 0) is 31.2 Å². The van der Waals surface area contributed by atoms with Crippen molar-refractivity contribution in [3.05, 3.63) is 53.7 Å². The van der Waals surface area contributed by atoms with Crippen LogP contribution < -0.4 is 10.1 Å². The predicted octanol–water partition coefficient (Wildman–Crippen LogP) is 3.65. The normalized spacial score (nSPS) is 10.6. The van der Waals surface area contributed by atoms with Gasteiger partial charge in [0.25, 0.3) is 0 Å². The number of nitrogens with zero attached hydrogens (tertiary/aromatic N) is 1. The van der Waals surface area contributed by atoms with Crippen LogP contribution in [0.1, 0.15) is 19.0 Å². The highest BCUT2D eigenvalue weighted by molar-refractivity contribution is 5.29. The molecule has 0 aliphatic rings. The summed E-state index contributed by atoms with van der Waals surface area (Å²) in [6.07, 6.45) is 1.03. The van der Waals surface area contributed by atoms with Crippen LogP contribution in [-0.2, 0) is 6.54 Å². The van der Waals surface area contributed by atoms with Gasteiger partial charge in [-0.3, -0.25) is 0 Å². The highest BCUT2D eigenvalue weighted by Gasteiger charge is 2.10. The quantitative estimate of drug-likeness (QED) is 0.819. The molecule has 0 aliphatic carbocycles. The molecule has 1 aromatic carbocycles. The van der Waals surface area contributed by atoms with Gasteiger partial charge in [0.15, 0.2) is 11.6 Å². The Morgan fingerprint density at radius 2 is 1.95 bits per heavy atom. The number of benzene rings is 1. The fourth-order valence-electron chi connectivity index (χ4n) is 1.68. The van der Waals surface area contributed by atoms with Gasteiger partial charge in [-0.1, -0.05) is 19.1 Å². The summed E-state index contributed by atoms with van der Waals surface area (Å²) < 4.78 is 31.9. The zero-order valence-electron chi connectivity index (χ0n) is 11.2. The molecule has 1 heterocycles. The molecule has 5 heteroatoms. The molecule has 2 aromatic rings. The molecule has 0 bridgehead atoms. The second-order valence-corrected chi connectivity index (χ2v) is 4.30. The van der Waals surface area contributed by atoms with Crippen LogP contribution in [0.3, 0.4) is 0 Å². The number of rotatable bonds is 6. The third kappa shape index (κ3) is 3.74. The van der Waals surface area contributed by atoms with Crippen LogP contribution in [0.2, 0.25) is 0 Å². The Morgan fingerprint density at radius 1 is 1.15 bits per heavy atom. The Hall–Kier alpha value is -2.01. The van der Waals surface area contributed by atoms with E-state index in [1.807, 2.05) is 6.07 Å². The van der Waals surface area contributed by atoms with Crippen LogP contribution in [0.5, 0.6) is 11.6 Å². The highest BCUT2D eigenvalue weighted by atomic mass is 19.2. The molecule has 1 N–H and O–H groups in total. The van der Waals surface area contributed by atoms with Crippen molar-refractivity contribution in [2.45, 2.75) is 19.9 Å². The average molecular weight is 278 g/mol. The van der Waals surface area contributed by atoms with Crippen LogP contribution in [0.15, 0.2) is 36.4 Å². The fourth-order valence-corrected chi connectivity index (χ4v) is 1.68. The molecule has 0 radical (unpaired) electrons. The number of aromatic nitrogens is 1. The minimum Gasteiger partial charge on any atom is -0.436 e. The third-order valence-electron chi connectivity index (χ3n) is 2.64. The van der Waals surface area contributed by atoms with Gasteiger partial charge in [0.1, 0.15) is 0 Å². The molecule has 1 aromatic heterocycles. The molecule has 0 atom stereocenters. The average Bonchev–Trinajstić information content (AvgIpc) is 2.45. The first-order valence-corrected chi connectivity index (χ1v) is 6.49. The van der Waals surface area contributed by atoms with E-state index in [2.05, 4.69) is 17.2 Å². The van der Waals surface area contributed by atoms with E-state index in [9.17, 15) is 8.78 Å². The zero-order valence-corrected chi connectivity index (χ0v) is 11.2. The van der Waals surface area contributed by atoms with Crippen molar-refractivity contribution in [3.8, 4) is 11.6 Å². The molecule has 2 rings (SSSR count). The number of hydrogen-bond acceptors (Lipinski definition) is 3. The van der Waals surface area contributed by atoms with Gasteiger partial charge in [0, 0.05) is 12.6 Å². The number of ether oxygens (including phenoxy) is 1. The first kappa shape index (κ1) is 14.4. The van der Waals surface area contributed by atoms with E-state index in [1.165, 1.54) is 12.1 Å². The molecule has 106 valence electrons. The van der Waals surface area contributed by atoms with Gasteiger partial charge in [0.05, 0.1) is 5.69 Å². The molecule has 0 saturated heterocycles. The topological polar surface area (TPSA) is 34.1 Å². The lowest BCUT2D eigenvalue weighted by Gasteiger charge is -2.08. The number of hydrogen-bond donors (Lipinski definition) is 1. The van der Waals surface area contributed by atoms with Crippen molar-refractivity contribution < 1.29 is 13.5 Å². The van der Waals surface area contributed by atoms with Crippen molar-refractivity contribution in [2.75, 3.05) is 6.54 Å². The molecule has 0 aliphatic heterocycles. The molecule has 3 nitrogen and oxygen atoms in total. The standard InChI is InChI=1S/C15H16F2N2O/c1-2-9-18-10-11-5-3-8-14(19-11)20-13-7-4-6-12(16)15(13)17/h3-8,18H,2,9-10H2,1H3. The summed E-state index contributed by atoms with van der Waals surface area (Å²) in [6, 6.07) is 9.01. The van der Waals surface area contributed by atoms with E-state index in [4.69, 9.17) is 4.74 Å². The summed E-state index contributed by atoms with van der Waals surface area (Å²) in [7, 11) is 0.